The van der Waals surface area contributed by atoms with Gasteiger partial charge in [0.25, 0.3) is 0 Å². The van der Waals surface area contributed by atoms with Crippen LogP contribution in [0.3, 0.4) is 0 Å². The van der Waals surface area contributed by atoms with Crippen molar-refractivity contribution in [3.05, 3.63) is 11.6 Å². The Bertz CT molecular complexity index is 677. The van der Waals surface area contributed by atoms with E-state index in [-0.39, 0.29) is 23.0 Å². The Kier molecular flexibility index (Phi) is 3.75. The van der Waals surface area contributed by atoms with E-state index in [4.69, 9.17) is 4.74 Å². The molecule has 25 heavy (non-hydrogen) atoms. The molecule has 4 rings (SSSR count). The van der Waals surface area contributed by atoms with Gasteiger partial charge in [0.05, 0.1) is 0 Å². The van der Waals surface area contributed by atoms with Crippen LogP contribution in [0, 0.1) is 28.6 Å². The molecule has 4 nitrogen and oxygen atoms in total. The Balaban J connectivity index is 1.71. The van der Waals surface area contributed by atoms with Gasteiger partial charge in [-0.15, -0.1) is 0 Å². The van der Waals surface area contributed by atoms with Gasteiger partial charge in [0.2, 0.25) is 11.6 Å². The Morgan fingerprint density at radius 1 is 1.16 bits per heavy atom. The normalized spacial score (nSPS) is 46.0. The highest BCUT2D eigenvalue weighted by Crippen LogP contribution is 2.64. The molecule has 0 aromatic rings. The first-order valence-corrected chi connectivity index (χ1v) is 9.74. The van der Waals surface area contributed by atoms with Crippen LogP contribution in [0.1, 0.15) is 65.7 Å². The average Bonchev–Trinajstić information content (AvgIpc) is 2.75. The van der Waals surface area contributed by atoms with Gasteiger partial charge in [-0.05, 0) is 62.2 Å². The van der Waals surface area contributed by atoms with E-state index >= 15 is 0 Å². The smallest absolute Gasteiger partial charge is 0.303 e. The number of rotatable bonds is 1. The zero-order valence-electron chi connectivity index (χ0n) is 15.5. The van der Waals surface area contributed by atoms with Crippen LogP contribution in [0.15, 0.2) is 11.6 Å². The number of ether oxygens (including phenoxy) is 1. The molecule has 0 aromatic carbocycles. The molecular formula is C21H28O4. The molecule has 0 radical (unpaired) electrons. The fourth-order valence-electron chi connectivity index (χ4n) is 6.71. The van der Waals surface area contributed by atoms with Crippen molar-refractivity contribution in [2.24, 2.45) is 28.6 Å². The molecule has 1 unspecified atom stereocenters. The first kappa shape index (κ1) is 17.0. The van der Waals surface area contributed by atoms with E-state index in [0.29, 0.717) is 5.92 Å². The molecule has 0 aliphatic heterocycles. The molecule has 4 aliphatic rings. The summed E-state index contributed by atoms with van der Waals surface area (Å²) in [5.74, 6) is -0.782. The number of hydrogen-bond acceptors (Lipinski definition) is 4. The van der Waals surface area contributed by atoms with Crippen molar-refractivity contribution >= 4 is 17.5 Å². The third-order valence-electron chi connectivity index (χ3n) is 7.89. The number of carbonyl (C=O) groups is 3. The number of carbonyl (C=O) groups excluding carboxylic acids is 3. The maximum atomic E-state index is 12.9. The zero-order chi connectivity index (χ0) is 18.0. The molecule has 3 fully saturated rings. The second-order valence-corrected chi connectivity index (χ2v) is 9.09. The predicted molar refractivity (Wildman–Crippen MR) is 92.7 cm³/mol. The maximum Gasteiger partial charge on any atom is 0.303 e. The van der Waals surface area contributed by atoms with Crippen LogP contribution in [-0.4, -0.2) is 23.6 Å². The van der Waals surface area contributed by atoms with E-state index < -0.39 is 23.3 Å². The van der Waals surface area contributed by atoms with Crippen molar-refractivity contribution in [2.75, 3.05) is 0 Å². The maximum absolute atomic E-state index is 12.9. The van der Waals surface area contributed by atoms with Gasteiger partial charge >= 0.3 is 5.97 Å². The standard InChI is InChI=1S/C21H28O4/c1-12(22)25-19-18(24)17(23)16-14-8-7-13-6-4-5-10-20(13,2)15(14)9-11-21(16,19)3/h6,14-16,19H,4-5,7-11H2,1-3H3/t14-,15+,16-,19?,20+,21+/m1/s1. The van der Waals surface area contributed by atoms with E-state index in [9.17, 15) is 14.4 Å². The third-order valence-corrected chi connectivity index (χ3v) is 7.89. The lowest BCUT2D eigenvalue weighted by Crippen LogP contribution is -2.52. The van der Waals surface area contributed by atoms with Crippen molar-refractivity contribution in [3.63, 3.8) is 0 Å². The van der Waals surface area contributed by atoms with E-state index in [1.807, 2.05) is 6.92 Å². The highest BCUT2D eigenvalue weighted by Gasteiger charge is 2.66. The minimum absolute atomic E-state index is 0.186. The molecular weight excluding hydrogens is 316 g/mol. The van der Waals surface area contributed by atoms with Crippen molar-refractivity contribution < 1.29 is 19.1 Å². The van der Waals surface area contributed by atoms with Gasteiger partial charge in [0, 0.05) is 18.3 Å². The van der Waals surface area contributed by atoms with Gasteiger partial charge in [-0.2, -0.15) is 0 Å². The molecule has 0 amide bonds. The fourth-order valence-corrected chi connectivity index (χ4v) is 6.71. The summed E-state index contributed by atoms with van der Waals surface area (Å²) >= 11 is 0. The second kappa shape index (κ2) is 5.52. The molecule has 4 aliphatic carbocycles. The molecule has 0 N–H and O–H groups in total. The second-order valence-electron chi connectivity index (χ2n) is 9.09. The van der Waals surface area contributed by atoms with Gasteiger partial charge < -0.3 is 4.74 Å². The molecule has 4 heteroatoms. The summed E-state index contributed by atoms with van der Waals surface area (Å²) in [6.07, 6.45) is 8.97. The Morgan fingerprint density at radius 2 is 1.92 bits per heavy atom. The van der Waals surface area contributed by atoms with Crippen LogP contribution in [-0.2, 0) is 19.1 Å². The summed E-state index contributed by atoms with van der Waals surface area (Å²) in [5.41, 5.74) is 1.25. The molecule has 0 spiro atoms. The molecule has 136 valence electrons. The third kappa shape index (κ3) is 2.22. The Labute approximate surface area is 149 Å². The zero-order valence-corrected chi connectivity index (χ0v) is 15.5. The SMILES string of the molecule is CC(=O)OC1C(=O)C(=O)[C@H]2[C@@H]3CCC4=CCCC[C@]4(C)[C@H]3CC[C@]12C. The van der Waals surface area contributed by atoms with Crippen LogP contribution >= 0.6 is 0 Å². The molecule has 0 saturated heterocycles. The summed E-state index contributed by atoms with van der Waals surface area (Å²) in [7, 11) is 0. The summed E-state index contributed by atoms with van der Waals surface area (Å²) in [6.45, 7) is 5.70. The highest BCUT2D eigenvalue weighted by molar-refractivity contribution is 6.42. The first-order valence-electron chi connectivity index (χ1n) is 9.74. The van der Waals surface area contributed by atoms with Gasteiger partial charge in [0.1, 0.15) is 0 Å². The van der Waals surface area contributed by atoms with Gasteiger partial charge in [-0.3, -0.25) is 14.4 Å². The van der Waals surface area contributed by atoms with Gasteiger partial charge in [-0.1, -0.05) is 25.5 Å². The Hall–Kier alpha value is -1.45. The summed E-state index contributed by atoms with van der Waals surface area (Å²) < 4.78 is 5.36. The summed E-state index contributed by atoms with van der Waals surface area (Å²) in [5, 5.41) is 0. The fraction of sp³-hybridized carbons (Fsp3) is 0.762. The molecule has 3 saturated carbocycles. The van der Waals surface area contributed by atoms with Gasteiger partial charge in [-0.25, -0.2) is 0 Å². The average molecular weight is 344 g/mol. The van der Waals surface area contributed by atoms with Crippen LogP contribution < -0.4 is 0 Å². The number of esters is 1. The lowest BCUT2D eigenvalue weighted by Gasteiger charge is -2.57. The number of ketones is 2. The first-order chi connectivity index (χ1) is 11.8. The quantitative estimate of drug-likeness (QED) is 0.414. The minimum atomic E-state index is -0.875. The van der Waals surface area contributed by atoms with Crippen molar-refractivity contribution in [1.29, 1.82) is 0 Å². The van der Waals surface area contributed by atoms with E-state index in [2.05, 4.69) is 13.0 Å². The van der Waals surface area contributed by atoms with Crippen LogP contribution in [0.25, 0.3) is 0 Å². The summed E-state index contributed by atoms with van der Waals surface area (Å²) in [4.78, 5) is 37.0. The van der Waals surface area contributed by atoms with Crippen LogP contribution in [0.5, 0.6) is 0 Å². The minimum Gasteiger partial charge on any atom is -0.453 e. The lowest BCUT2D eigenvalue weighted by molar-refractivity contribution is -0.161. The Morgan fingerprint density at radius 3 is 2.64 bits per heavy atom. The molecule has 0 aromatic heterocycles. The highest BCUT2D eigenvalue weighted by atomic mass is 16.5. The molecule has 0 heterocycles. The largest absolute Gasteiger partial charge is 0.453 e. The van der Waals surface area contributed by atoms with Crippen LogP contribution in [0.4, 0.5) is 0 Å². The summed E-state index contributed by atoms with van der Waals surface area (Å²) in [6, 6.07) is 0. The molecule has 0 bridgehead atoms. The van der Waals surface area contributed by atoms with E-state index in [0.717, 1.165) is 25.7 Å². The van der Waals surface area contributed by atoms with E-state index in [1.54, 1.807) is 5.57 Å². The number of Topliss-reactive ketones (excluding diaryl/α,β-unsaturated/α-hetero) is 2. The van der Waals surface area contributed by atoms with Gasteiger partial charge in [0.15, 0.2) is 6.10 Å². The number of hydrogen-bond donors (Lipinski definition) is 0. The van der Waals surface area contributed by atoms with Crippen molar-refractivity contribution in [2.45, 2.75) is 71.8 Å². The van der Waals surface area contributed by atoms with Crippen molar-refractivity contribution in [1.82, 2.24) is 0 Å². The monoisotopic (exact) mass is 344 g/mol. The van der Waals surface area contributed by atoms with E-state index in [1.165, 1.54) is 26.2 Å². The van der Waals surface area contributed by atoms with Crippen LogP contribution in [0.2, 0.25) is 0 Å². The predicted octanol–water partition coefficient (Wildman–Crippen LogP) is 3.63. The number of allylic oxidation sites excluding steroid dienone is 2. The number of fused-ring (bicyclic) bond motifs is 5. The molecule has 6 atom stereocenters. The topological polar surface area (TPSA) is 60.4 Å². The lowest BCUT2D eigenvalue weighted by atomic mass is 9.47. The van der Waals surface area contributed by atoms with Crippen molar-refractivity contribution in [3.8, 4) is 0 Å².